The number of thioether (sulfide) groups is 1. The number of Topliss-reactive ketones (excluding diaryl/α,β-unsaturated/α-hetero) is 1. The number of carbonyl (C=O) groups is 2. The normalized spacial score (nSPS) is 48.6. The molecule has 0 unspecified atom stereocenters. The lowest BCUT2D eigenvalue weighted by molar-refractivity contribution is -0.131. The van der Waals surface area contributed by atoms with Gasteiger partial charge in [-0.25, -0.2) is 0 Å². The van der Waals surface area contributed by atoms with Crippen LogP contribution in [-0.4, -0.2) is 23.1 Å². The van der Waals surface area contributed by atoms with E-state index in [0.717, 1.165) is 32.1 Å². The van der Waals surface area contributed by atoms with Crippen molar-refractivity contribution in [3.63, 3.8) is 0 Å². The van der Waals surface area contributed by atoms with Crippen molar-refractivity contribution in [2.24, 2.45) is 28.6 Å². The zero-order chi connectivity index (χ0) is 16.4. The third kappa shape index (κ3) is 2.01. The first-order valence-electron chi connectivity index (χ1n) is 8.91. The molecule has 0 N–H and O–H groups in total. The van der Waals surface area contributed by atoms with Gasteiger partial charge in [0.05, 0.1) is 0 Å². The highest BCUT2D eigenvalue weighted by Gasteiger charge is 2.59. The fourth-order valence-electron chi connectivity index (χ4n) is 6.22. The Morgan fingerprint density at radius 2 is 1.96 bits per heavy atom. The van der Waals surface area contributed by atoms with Crippen molar-refractivity contribution < 1.29 is 9.59 Å². The Kier molecular flexibility index (Phi) is 3.46. The van der Waals surface area contributed by atoms with Crippen molar-refractivity contribution in [3.8, 4) is 0 Å². The van der Waals surface area contributed by atoms with Crippen molar-refractivity contribution in [1.29, 1.82) is 0 Å². The van der Waals surface area contributed by atoms with Crippen LogP contribution in [0.15, 0.2) is 23.8 Å². The molecule has 3 fully saturated rings. The first kappa shape index (κ1) is 15.7. The second kappa shape index (κ2) is 5.08. The van der Waals surface area contributed by atoms with Gasteiger partial charge in [-0.05, 0) is 67.4 Å². The molecule has 4 aliphatic rings. The van der Waals surface area contributed by atoms with Gasteiger partial charge in [-0.1, -0.05) is 19.9 Å². The van der Waals surface area contributed by atoms with Crippen LogP contribution in [0.3, 0.4) is 0 Å². The molecule has 0 aromatic carbocycles. The van der Waals surface area contributed by atoms with Gasteiger partial charge in [-0.3, -0.25) is 9.59 Å². The Hall–Kier alpha value is -0.830. The fraction of sp³-hybridized carbons (Fsp3) is 0.700. The predicted octanol–water partition coefficient (Wildman–Crippen LogP) is 4.20. The molecule has 4 rings (SSSR count). The number of carbonyl (C=O) groups excluding carboxylic acids is 2. The van der Waals surface area contributed by atoms with Gasteiger partial charge in [0.15, 0.2) is 5.78 Å². The smallest absolute Gasteiger partial charge is 0.178 e. The maximum absolute atomic E-state index is 12.5. The van der Waals surface area contributed by atoms with E-state index >= 15 is 0 Å². The average molecular weight is 330 g/mol. The molecular weight excluding hydrogens is 304 g/mol. The molecule has 23 heavy (non-hydrogen) atoms. The summed E-state index contributed by atoms with van der Waals surface area (Å²) in [7, 11) is 0. The summed E-state index contributed by atoms with van der Waals surface area (Å²) in [5, 5.41) is 0.424. The third-order valence-electron chi connectivity index (χ3n) is 7.55. The summed E-state index contributed by atoms with van der Waals surface area (Å²) in [4.78, 5) is 24.4. The van der Waals surface area contributed by atoms with Gasteiger partial charge in [-0.15, -0.1) is 0 Å². The highest BCUT2D eigenvalue weighted by molar-refractivity contribution is 7.99. The fourth-order valence-corrected chi connectivity index (χ4v) is 7.21. The van der Waals surface area contributed by atoms with Gasteiger partial charge in [0.2, 0.25) is 0 Å². The van der Waals surface area contributed by atoms with Gasteiger partial charge in [-0.2, -0.15) is 11.8 Å². The lowest BCUT2D eigenvalue weighted by Gasteiger charge is -2.57. The van der Waals surface area contributed by atoms with E-state index in [1.54, 1.807) is 6.08 Å². The molecule has 0 radical (unpaired) electrons. The zero-order valence-electron chi connectivity index (χ0n) is 14.3. The summed E-state index contributed by atoms with van der Waals surface area (Å²) in [6.07, 6.45) is 13.2. The first-order chi connectivity index (χ1) is 10.9. The Morgan fingerprint density at radius 3 is 2.70 bits per heavy atom. The second-order valence-electron chi connectivity index (χ2n) is 8.37. The minimum absolute atomic E-state index is 0.0114. The predicted molar refractivity (Wildman–Crippen MR) is 94.3 cm³/mol. The van der Waals surface area contributed by atoms with Crippen LogP contribution in [0.1, 0.15) is 46.0 Å². The summed E-state index contributed by atoms with van der Waals surface area (Å²) in [6, 6.07) is 0. The summed E-state index contributed by atoms with van der Waals surface area (Å²) in [6.45, 7) is 4.56. The molecule has 0 aliphatic heterocycles. The molecular formula is C20H26O2S. The van der Waals surface area contributed by atoms with E-state index in [0.29, 0.717) is 28.8 Å². The van der Waals surface area contributed by atoms with E-state index in [4.69, 9.17) is 0 Å². The van der Waals surface area contributed by atoms with Gasteiger partial charge in [0.1, 0.15) is 5.78 Å². The standard InChI is InChI=1S/C20H26O2S/c1-19-8-6-12(21)10-16(19)17(23-3)11-13-14-4-5-18(22)20(14,2)9-7-15(13)19/h6,8,10,13-15,17H,4-5,7,9,11H2,1-3H3/t13-,14-,15-,17+,19+,20-/m0/s1. The number of rotatable bonds is 1. The SMILES string of the molecule is CS[C@@H]1C[C@@H]2[C@H](CC[C@]3(C)C(=O)CC[C@@H]23)[C@@]2(C)C=CC(=O)C=C12. The van der Waals surface area contributed by atoms with Crippen molar-refractivity contribution in [2.45, 2.75) is 51.2 Å². The van der Waals surface area contributed by atoms with E-state index in [9.17, 15) is 9.59 Å². The van der Waals surface area contributed by atoms with Crippen LogP contribution in [0.5, 0.6) is 0 Å². The molecule has 3 saturated carbocycles. The van der Waals surface area contributed by atoms with E-state index in [2.05, 4.69) is 26.2 Å². The number of ketones is 2. The number of fused-ring (bicyclic) bond motifs is 5. The van der Waals surface area contributed by atoms with Gasteiger partial charge >= 0.3 is 0 Å². The Bertz CT molecular complexity index is 634. The van der Waals surface area contributed by atoms with E-state index in [-0.39, 0.29) is 16.6 Å². The van der Waals surface area contributed by atoms with Gasteiger partial charge < -0.3 is 0 Å². The van der Waals surface area contributed by atoms with Crippen molar-refractivity contribution in [1.82, 2.24) is 0 Å². The van der Waals surface area contributed by atoms with Crippen LogP contribution < -0.4 is 0 Å². The molecule has 0 bridgehead atoms. The maximum Gasteiger partial charge on any atom is 0.178 e. The largest absolute Gasteiger partial charge is 0.299 e. The molecule has 0 heterocycles. The molecule has 0 aromatic rings. The number of hydrogen-bond acceptors (Lipinski definition) is 3. The lowest BCUT2D eigenvalue weighted by atomic mass is 9.48. The van der Waals surface area contributed by atoms with Gasteiger partial charge in [0, 0.05) is 22.5 Å². The monoisotopic (exact) mass is 330 g/mol. The highest BCUT2D eigenvalue weighted by atomic mass is 32.2. The Labute approximate surface area is 143 Å². The van der Waals surface area contributed by atoms with Crippen LogP contribution in [-0.2, 0) is 9.59 Å². The Balaban J connectivity index is 1.77. The topological polar surface area (TPSA) is 34.1 Å². The van der Waals surface area contributed by atoms with Crippen molar-refractivity contribution in [2.75, 3.05) is 6.26 Å². The summed E-state index contributed by atoms with van der Waals surface area (Å²) in [5.41, 5.74) is 1.28. The molecule has 0 saturated heterocycles. The summed E-state index contributed by atoms with van der Waals surface area (Å²) >= 11 is 1.88. The van der Waals surface area contributed by atoms with E-state index in [1.807, 2.05) is 17.8 Å². The first-order valence-corrected chi connectivity index (χ1v) is 10.2. The molecule has 124 valence electrons. The molecule has 0 amide bonds. The number of hydrogen-bond donors (Lipinski definition) is 0. The number of allylic oxidation sites excluding steroid dienone is 3. The molecule has 0 spiro atoms. The summed E-state index contributed by atoms with van der Waals surface area (Å²) < 4.78 is 0. The van der Waals surface area contributed by atoms with Gasteiger partial charge in [0.25, 0.3) is 0 Å². The molecule has 6 atom stereocenters. The lowest BCUT2D eigenvalue weighted by Crippen LogP contribution is -2.52. The van der Waals surface area contributed by atoms with E-state index in [1.165, 1.54) is 5.57 Å². The zero-order valence-corrected chi connectivity index (χ0v) is 15.1. The minimum atomic E-state index is -0.0735. The van der Waals surface area contributed by atoms with Crippen LogP contribution in [0.2, 0.25) is 0 Å². The second-order valence-corrected chi connectivity index (χ2v) is 9.41. The quantitative estimate of drug-likeness (QED) is 0.722. The molecule has 4 aliphatic carbocycles. The average Bonchev–Trinajstić information content (AvgIpc) is 2.83. The Morgan fingerprint density at radius 1 is 1.17 bits per heavy atom. The minimum Gasteiger partial charge on any atom is -0.299 e. The highest BCUT2D eigenvalue weighted by Crippen LogP contribution is 2.64. The molecule has 0 aromatic heterocycles. The summed E-state index contributed by atoms with van der Waals surface area (Å²) in [5.74, 6) is 2.41. The van der Waals surface area contributed by atoms with E-state index < -0.39 is 0 Å². The van der Waals surface area contributed by atoms with Crippen molar-refractivity contribution in [3.05, 3.63) is 23.8 Å². The van der Waals surface area contributed by atoms with Crippen molar-refractivity contribution >= 4 is 23.3 Å². The van der Waals surface area contributed by atoms with Crippen LogP contribution in [0.4, 0.5) is 0 Å². The third-order valence-corrected chi connectivity index (χ3v) is 8.56. The van der Waals surface area contributed by atoms with Crippen LogP contribution in [0, 0.1) is 28.6 Å². The van der Waals surface area contributed by atoms with Crippen LogP contribution in [0.25, 0.3) is 0 Å². The molecule has 3 heteroatoms. The molecule has 2 nitrogen and oxygen atoms in total. The maximum atomic E-state index is 12.5. The van der Waals surface area contributed by atoms with Crippen LogP contribution >= 0.6 is 11.8 Å².